The lowest BCUT2D eigenvalue weighted by Gasteiger charge is -2.33. The number of fused-ring (bicyclic) bond motifs is 2. The molecule has 8 nitrogen and oxygen atoms in total. The second kappa shape index (κ2) is 8.02. The molecule has 0 radical (unpaired) electrons. The van der Waals surface area contributed by atoms with Crippen LogP contribution in [0.4, 0.5) is 5.69 Å². The highest BCUT2D eigenvalue weighted by Crippen LogP contribution is 2.57. The zero-order valence-corrected chi connectivity index (χ0v) is 20.8. The van der Waals surface area contributed by atoms with E-state index in [1.807, 2.05) is 53.4 Å². The van der Waals surface area contributed by atoms with E-state index in [4.69, 9.17) is 0 Å². The van der Waals surface area contributed by atoms with Crippen LogP contribution in [0, 0.1) is 5.92 Å². The zero-order valence-electron chi connectivity index (χ0n) is 20.8. The van der Waals surface area contributed by atoms with Crippen molar-refractivity contribution in [3.63, 3.8) is 0 Å². The van der Waals surface area contributed by atoms with Crippen LogP contribution in [0.3, 0.4) is 0 Å². The number of nitrogens with zero attached hydrogens (tertiary/aromatic N) is 5. The van der Waals surface area contributed by atoms with E-state index in [1.54, 1.807) is 36.7 Å². The summed E-state index contributed by atoms with van der Waals surface area (Å²) in [6.45, 7) is 8.05. The van der Waals surface area contributed by atoms with Gasteiger partial charge in [-0.05, 0) is 49.1 Å². The molecule has 3 aromatic rings. The summed E-state index contributed by atoms with van der Waals surface area (Å²) in [5.41, 5.74) is 1.60. The Labute approximate surface area is 205 Å². The van der Waals surface area contributed by atoms with Crippen molar-refractivity contribution >= 4 is 17.5 Å². The molecule has 182 valence electrons. The molecule has 8 heteroatoms. The third-order valence-electron chi connectivity index (χ3n) is 7.10. The van der Waals surface area contributed by atoms with Gasteiger partial charge < -0.3 is 14.9 Å². The highest BCUT2D eigenvalue weighted by atomic mass is 16.3. The minimum absolute atomic E-state index is 0.0410. The molecule has 1 unspecified atom stereocenters. The Hall–Kier alpha value is -3.52. The lowest BCUT2D eigenvalue weighted by Crippen LogP contribution is -2.45. The van der Waals surface area contributed by atoms with Crippen LogP contribution < -0.4 is 4.90 Å². The second-order valence-electron chi connectivity index (χ2n) is 10.6. The van der Waals surface area contributed by atoms with Crippen molar-refractivity contribution in [2.45, 2.75) is 51.2 Å². The molecule has 3 heterocycles. The first-order chi connectivity index (χ1) is 16.5. The lowest BCUT2D eigenvalue weighted by molar-refractivity contribution is -0.128. The minimum atomic E-state index is -1.13. The number of hydrogen-bond acceptors (Lipinski definition) is 5. The van der Waals surface area contributed by atoms with Gasteiger partial charge in [0.25, 0.3) is 0 Å². The van der Waals surface area contributed by atoms with Crippen LogP contribution in [0.15, 0.2) is 54.7 Å². The van der Waals surface area contributed by atoms with Crippen LogP contribution in [0.5, 0.6) is 0 Å². The lowest BCUT2D eigenvalue weighted by atomic mass is 9.72. The van der Waals surface area contributed by atoms with Crippen LogP contribution in [0.2, 0.25) is 0 Å². The molecule has 1 N–H and O–H groups in total. The van der Waals surface area contributed by atoms with Gasteiger partial charge in [-0.2, -0.15) is 0 Å². The summed E-state index contributed by atoms with van der Waals surface area (Å²) in [4.78, 5) is 31.0. The highest BCUT2D eigenvalue weighted by molar-refractivity contribution is 6.12. The van der Waals surface area contributed by atoms with Crippen LogP contribution in [0.25, 0.3) is 5.69 Å². The number of amides is 2. The average Bonchev–Trinajstić information content (AvgIpc) is 3.46. The molecule has 1 fully saturated rings. The van der Waals surface area contributed by atoms with Crippen molar-refractivity contribution < 1.29 is 14.7 Å². The first kappa shape index (κ1) is 23.2. The van der Waals surface area contributed by atoms with Gasteiger partial charge in [-0.1, -0.05) is 49.4 Å². The van der Waals surface area contributed by atoms with E-state index in [1.165, 1.54) is 0 Å². The van der Waals surface area contributed by atoms with Crippen LogP contribution in [0.1, 0.15) is 57.0 Å². The molecule has 0 aliphatic carbocycles. The normalized spacial score (nSPS) is 22.1. The Morgan fingerprint density at radius 1 is 1.14 bits per heavy atom. The fraction of sp³-hybridized carbons (Fsp3) is 0.407. The summed E-state index contributed by atoms with van der Waals surface area (Å²) >= 11 is 0. The summed E-state index contributed by atoms with van der Waals surface area (Å²) < 4.78 is 1.61. The van der Waals surface area contributed by atoms with Gasteiger partial charge in [0.2, 0.25) is 11.8 Å². The summed E-state index contributed by atoms with van der Waals surface area (Å²) in [6, 6.07) is 15.2. The molecule has 2 aliphatic rings. The van der Waals surface area contributed by atoms with Crippen LogP contribution in [-0.4, -0.2) is 50.4 Å². The van der Waals surface area contributed by atoms with Crippen molar-refractivity contribution in [3.05, 3.63) is 71.5 Å². The number of hydrogen-bond donors (Lipinski definition) is 1. The molecular formula is C27H31N5O3. The maximum atomic E-state index is 14.3. The van der Waals surface area contributed by atoms with Gasteiger partial charge in [0.1, 0.15) is 16.7 Å². The Morgan fingerprint density at radius 2 is 1.86 bits per heavy atom. The molecule has 35 heavy (non-hydrogen) atoms. The van der Waals surface area contributed by atoms with Crippen LogP contribution in [-0.2, 0) is 20.6 Å². The third-order valence-corrected chi connectivity index (χ3v) is 7.10. The minimum Gasteiger partial charge on any atom is -0.384 e. The molecule has 2 aliphatic heterocycles. The van der Waals surface area contributed by atoms with E-state index in [9.17, 15) is 14.7 Å². The third kappa shape index (κ3) is 3.55. The Balaban J connectivity index is 1.71. The number of anilines is 1. The molecule has 1 saturated heterocycles. The first-order valence-electron chi connectivity index (χ1n) is 12.0. The fourth-order valence-electron chi connectivity index (χ4n) is 5.45. The topological polar surface area (TPSA) is 91.6 Å². The van der Waals surface area contributed by atoms with Gasteiger partial charge in [-0.25, -0.2) is 4.68 Å². The van der Waals surface area contributed by atoms with E-state index >= 15 is 0 Å². The van der Waals surface area contributed by atoms with Crippen molar-refractivity contribution in [1.82, 2.24) is 19.9 Å². The monoisotopic (exact) mass is 473 g/mol. The quantitative estimate of drug-likeness (QED) is 0.614. The molecule has 0 saturated carbocycles. The SMILES string of the molecule is CC(C)CN1C(=O)[C@@]2(CC(=O)N(C)C2c2ccccc2)c2cc(-n3cc(C(C)(C)O)nn3)ccc21. The standard InChI is InChI=1S/C27H31N5O3/c1-17(2)15-31-21-12-11-19(32-16-22(28-29-32)26(3,4)35)13-20(21)27(25(31)34)14-23(33)30(5)24(27)18-9-7-6-8-10-18/h6-13,16-17,24,35H,14-15H2,1-5H3/t24?,27-/m0/s1. The highest BCUT2D eigenvalue weighted by Gasteiger charge is 2.62. The van der Waals surface area contributed by atoms with Crippen molar-refractivity contribution in [1.29, 1.82) is 0 Å². The molecule has 0 bridgehead atoms. The summed E-state index contributed by atoms with van der Waals surface area (Å²) in [6.07, 6.45) is 1.80. The summed E-state index contributed by atoms with van der Waals surface area (Å²) in [5.74, 6) is 0.164. The molecule has 1 aromatic heterocycles. The van der Waals surface area contributed by atoms with E-state index < -0.39 is 17.1 Å². The van der Waals surface area contributed by atoms with Crippen LogP contribution >= 0.6 is 0 Å². The number of rotatable bonds is 5. The number of likely N-dealkylation sites (tertiary alicyclic amines) is 1. The Morgan fingerprint density at radius 3 is 2.49 bits per heavy atom. The molecule has 2 aromatic carbocycles. The average molecular weight is 474 g/mol. The van der Waals surface area contributed by atoms with Gasteiger partial charge in [-0.3, -0.25) is 9.59 Å². The summed E-state index contributed by atoms with van der Waals surface area (Å²) in [5, 5.41) is 18.7. The van der Waals surface area contributed by atoms with Gasteiger partial charge in [0.05, 0.1) is 17.9 Å². The zero-order chi connectivity index (χ0) is 25.1. The van der Waals surface area contributed by atoms with E-state index in [2.05, 4.69) is 24.2 Å². The molecule has 5 rings (SSSR count). The number of benzene rings is 2. The van der Waals surface area contributed by atoms with E-state index in [0.717, 1.165) is 22.5 Å². The molecule has 2 atom stereocenters. The Bertz CT molecular complexity index is 1290. The van der Waals surface area contributed by atoms with Gasteiger partial charge in [0, 0.05) is 25.7 Å². The summed E-state index contributed by atoms with van der Waals surface area (Å²) in [7, 11) is 1.78. The van der Waals surface area contributed by atoms with Crippen molar-refractivity contribution in [2.24, 2.45) is 5.92 Å². The molecular weight excluding hydrogens is 442 g/mol. The maximum absolute atomic E-state index is 14.3. The number of carbonyl (C=O) groups is 2. The van der Waals surface area contributed by atoms with Gasteiger partial charge in [-0.15, -0.1) is 5.10 Å². The second-order valence-corrected chi connectivity index (χ2v) is 10.6. The number of aliphatic hydroxyl groups is 1. The van der Waals surface area contributed by atoms with E-state index in [0.29, 0.717) is 12.2 Å². The molecule has 1 spiro atoms. The first-order valence-corrected chi connectivity index (χ1v) is 12.0. The fourth-order valence-corrected chi connectivity index (χ4v) is 5.45. The van der Waals surface area contributed by atoms with Crippen molar-refractivity contribution in [2.75, 3.05) is 18.5 Å². The smallest absolute Gasteiger partial charge is 0.240 e. The predicted octanol–water partition coefficient (Wildman–Crippen LogP) is 3.34. The number of aromatic nitrogens is 3. The van der Waals surface area contributed by atoms with E-state index in [-0.39, 0.29) is 24.2 Å². The maximum Gasteiger partial charge on any atom is 0.240 e. The largest absolute Gasteiger partial charge is 0.384 e. The van der Waals surface area contributed by atoms with Gasteiger partial charge in [0.15, 0.2) is 0 Å². The Kier molecular flexibility index (Phi) is 5.32. The number of carbonyl (C=O) groups excluding carboxylic acids is 2. The number of likely N-dealkylation sites (N-methyl/N-ethyl adjacent to an activating group) is 1. The van der Waals surface area contributed by atoms with Gasteiger partial charge >= 0.3 is 0 Å². The predicted molar refractivity (Wildman–Crippen MR) is 132 cm³/mol. The van der Waals surface area contributed by atoms with Crippen molar-refractivity contribution in [3.8, 4) is 5.69 Å². The molecule has 2 amide bonds.